The van der Waals surface area contributed by atoms with Gasteiger partial charge < -0.3 is 4.43 Å². The lowest BCUT2D eigenvalue weighted by molar-refractivity contribution is 0.0664. The van der Waals surface area contributed by atoms with Gasteiger partial charge in [0.1, 0.15) is 0 Å². The molecular weight excluding hydrogens is 756 g/mol. The zero-order chi connectivity index (χ0) is 43.2. The smallest absolute Gasteiger partial charge is 0.284 e. The Morgan fingerprint density at radius 3 is 1.12 bits per heavy atom. The van der Waals surface area contributed by atoms with Crippen LogP contribution in [0, 0.1) is 0 Å². The van der Waals surface area contributed by atoms with Gasteiger partial charge in [-0.15, -0.1) is 0 Å². The molecule has 1 aliphatic rings. The number of rotatable bonds is 15. The van der Waals surface area contributed by atoms with Crippen LogP contribution in [-0.2, 0) is 9.77 Å². The Kier molecular flexibility index (Phi) is 14.2. The molecular formula is C53H77O2PSi2. The molecule has 1 fully saturated rings. The first-order valence-corrected chi connectivity index (χ1v) is 29.8. The molecule has 0 aromatic heterocycles. The lowest BCUT2D eigenvalue weighted by atomic mass is 9.89. The Morgan fingerprint density at radius 1 is 0.500 bits per heavy atom. The predicted octanol–water partition coefficient (Wildman–Crippen LogP) is 15.4. The first-order chi connectivity index (χ1) is 27.1. The van der Waals surface area contributed by atoms with E-state index in [9.17, 15) is 0 Å². The van der Waals surface area contributed by atoms with E-state index in [1.807, 2.05) is 30.3 Å². The Bertz CT molecular complexity index is 1890. The van der Waals surface area contributed by atoms with Crippen LogP contribution in [0.3, 0.4) is 0 Å². The average Bonchev–Trinajstić information content (AvgIpc) is 3.16. The molecule has 1 heterocycles. The third-order valence-corrected chi connectivity index (χ3v) is 43.6. The summed E-state index contributed by atoms with van der Waals surface area (Å²) in [5.74, 6) is 2.06. The standard InChI is InChI=1S/C53H77O2PSi2/c1-33(2)43-29-46(35(5)6)50(47(30-43)36(7)8)58(51-48(37(9)10)31-44(34(3)4)32-49(51)38(11)12)55-53(45-27-23-20-24-28-45,52(54)42-25-21-19-22-26-42)56(58)57(39(13)14,40(15)16)41(17)18/h19-41H,1-18H3. The first kappa shape index (κ1) is 46.4. The van der Waals surface area contributed by atoms with Gasteiger partial charge in [-0.3, -0.25) is 4.79 Å². The fourth-order valence-electron chi connectivity index (χ4n) is 10.9. The second kappa shape index (κ2) is 17.8. The molecule has 58 heavy (non-hydrogen) atoms. The van der Waals surface area contributed by atoms with Crippen molar-refractivity contribution < 1.29 is 9.22 Å². The third kappa shape index (κ3) is 7.54. The molecule has 4 aromatic carbocycles. The predicted molar refractivity (Wildman–Crippen MR) is 260 cm³/mol. The second-order valence-corrected chi connectivity index (χ2v) is 37.5. The molecule has 0 spiro atoms. The molecule has 0 saturated carbocycles. The molecule has 4 aromatic rings. The summed E-state index contributed by atoms with van der Waals surface area (Å²) in [4.78, 5) is 16.3. The molecule has 2 nitrogen and oxygen atoms in total. The summed E-state index contributed by atoms with van der Waals surface area (Å²) in [5, 5.41) is 1.91. The zero-order valence-electron chi connectivity index (χ0n) is 39.5. The number of hydrogen-bond acceptors (Lipinski definition) is 2. The summed E-state index contributed by atoms with van der Waals surface area (Å²) in [6.45, 7) is 43.8. The Hall–Kier alpha value is -2.63. The molecule has 1 aliphatic heterocycles. The lowest BCUT2D eigenvalue weighted by Crippen LogP contribution is -2.80. The summed E-state index contributed by atoms with van der Waals surface area (Å²) < 4.78 is 8.67. The third-order valence-electron chi connectivity index (χ3n) is 13.5. The molecule has 1 saturated heterocycles. The maximum absolute atomic E-state index is 16.3. The van der Waals surface area contributed by atoms with Gasteiger partial charge in [0.15, 0.2) is 5.34 Å². The molecule has 5 rings (SSSR count). The lowest BCUT2D eigenvalue weighted by Gasteiger charge is -2.70. The van der Waals surface area contributed by atoms with Crippen LogP contribution in [0.2, 0.25) is 16.6 Å². The zero-order valence-corrected chi connectivity index (χ0v) is 42.4. The van der Waals surface area contributed by atoms with E-state index in [1.54, 1.807) is 0 Å². The van der Waals surface area contributed by atoms with Gasteiger partial charge in [-0.25, -0.2) is 0 Å². The fourth-order valence-corrected chi connectivity index (χ4v) is 52.6. The summed E-state index contributed by atoms with van der Waals surface area (Å²) in [6, 6.07) is 31.3. The van der Waals surface area contributed by atoms with E-state index in [1.165, 1.54) is 43.8 Å². The van der Waals surface area contributed by atoms with Crippen LogP contribution in [0.15, 0.2) is 84.9 Å². The van der Waals surface area contributed by atoms with Gasteiger partial charge in [-0.1, -0.05) is 210 Å². The van der Waals surface area contributed by atoms with Crippen LogP contribution < -0.4 is 10.4 Å². The summed E-state index contributed by atoms with van der Waals surface area (Å²) in [7, 11) is -7.14. The van der Waals surface area contributed by atoms with Gasteiger partial charge in [-0.05, 0) is 108 Å². The monoisotopic (exact) mass is 833 g/mol. The highest BCUT2D eigenvalue weighted by molar-refractivity contribution is 8.23. The van der Waals surface area contributed by atoms with Gasteiger partial charge in [0.05, 0.1) is 7.74 Å². The van der Waals surface area contributed by atoms with Gasteiger partial charge in [0, 0.05) is 5.56 Å². The normalized spacial score (nSPS) is 18.6. The molecule has 5 heteroatoms. The van der Waals surface area contributed by atoms with E-state index >= 15 is 4.79 Å². The molecule has 0 bridgehead atoms. The van der Waals surface area contributed by atoms with Gasteiger partial charge in [-0.2, -0.15) is 0 Å². The molecule has 314 valence electrons. The van der Waals surface area contributed by atoms with Crippen molar-refractivity contribution in [3.63, 3.8) is 0 Å². The minimum Gasteiger partial charge on any atom is -0.384 e. The second-order valence-electron chi connectivity index (χ2n) is 20.2. The van der Waals surface area contributed by atoms with Crippen molar-refractivity contribution in [2.24, 2.45) is 0 Å². The van der Waals surface area contributed by atoms with Gasteiger partial charge in [0.25, 0.3) is 7.98 Å². The van der Waals surface area contributed by atoms with Crippen LogP contribution in [0.5, 0.6) is 0 Å². The van der Waals surface area contributed by atoms with E-state index in [-0.39, 0.29) is 29.5 Å². The molecule has 0 aliphatic carbocycles. The summed E-state index contributed by atoms with van der Waals surface area (Å²) in [5.41, 5.74) is 11.6. The highest BCUT2D eigenvalue weighted by Crippen LogP contribution is 2.83. The molecule has 2 atom stereocenters. The molecule has 0 N–H and O–H groups in total. The maximum Gasteiger partial charge on any atom is 0.284 e. The number of benzene rings is 4. The molecule has 0 radical (unpaired) electrons. The van der Waals surface area contributed by atoms with Crippen LogP contribution >= 0.6 is 7.02 Å². The highest BCUT2D eigenvalue weighted by Gasteiger charge is 2.80. The maximum atomic E-state index is 16.3. The van der Waals surface area contributed by atoms with Crippen LogP contribution in [0.1, 0.15) is 209 Å². The van der Waals surface area contributed by atoms with Gasteiger partial charge in [0.2, 0.25) is 5.78 Å². The first-order valence-electron chi connectivity index (χ1n) is 22.7. The van der Waals surface area contributed by atoms with Crippen LogP contribution in [-0.4, -0.2) is 21.5 Å². The number of Topliss-reactive ketones (excluding diaryl/α,β-unsaturated/α-hetero) is 1. The number of carbonyl (C=O) groups is 1. The minimum atomic E-state index is -3.40. The van der Waals surface area contributed by atoms with Crippen molar-refractivity contribution in [3.8, 4) is 0 Å². The summed E-state index contributed by atoms with van der Waals surface area (Å²) >= 11 is 0. The minimum absolute atomic E-state index is 0.152. The number of hydrogen-bond donors (Lipinski definition) is 0. The molecule has 0 amide bonds. The van der Waals surface area contributed by atoms with Crippen molar-refractivity contribution in [1.82, 2.24) is 0 Å². The number of ketones is 1. The quantitative estimate of drug-likeness (QED) is 0.0678. The SMILES string of the molecule is CC(C)c1cc(C(C)C)c([Si]2(c3c(C(C)C)cc(C(C)C)cc3C(C)C)OC(C(=O)c3ccccc3)(c3ccccc3)P2[Si](C(C)C)(C(C)C)C(C)C)c(C(C)C)c1. The van der Waals surface area contributed by atoms with E-state index < -0.39 is 28.1 Å². The Balaban J connectivity index is 2.25. The Morgan fingerprint density at radius 2 is 0.828 bits per heavy atom. The van der Waals surface area contributed by atoms with Crippen LogP contribution in [0.25, 0.3) is 0 Å². The fraction of sp³-hybridized carbons (Fsp3) is 0.528. The van der Waals surface area contributed by atoms with Crippen molar-refractivity contribution >= 4 is 38.9 Å². The van der Waals surface area contributed by atoms with E-state index in [0.29, 0.717) is 28.5 Å². The highest BCUT2D eigenvalue weighted by atomic mass is 31.6. The largest absolute Gasteiger partial charge is 0.384 e. The van der Waals surface area contributed by atoms with Crippen molar-refractivity contribution in [2.75, 3.05) is 0 Å². The summed E-state index contributed by atoms with van der Waals surface area (Å²) in [6.07, 6.45) is 0. The molecule has 2 unspecified atom stereocenters. The Labute approximate surface area is 358 Å². The number of carbonyl (C=O) groups excluding carboxylic acids is 1. The van der Waals surface area contributed by atoms with Crippen molar-refractivity contribution in [3.05, 3.63) is 129 Å². The topological polar surface area (TPSA) is 26.3 Å². The average molecular weight is 833 g/mol. The van der Waals surface area contributed by atoms with Gasteiger partial charge >= 0.3 is 0 Å². The van der Waals surface area contributed by atoms with E-state index in [4.69, 9.17) is 4.43 Å². The van der Waals surface area contributed by atoms with Crippen molar-refractivity contribution in [2.45, 2.75) is 182 Å². The van der Waals surface area contributed by atoms with Crippen LogP contribution in [0.4, 0.5) is 0 Å². The van der Waals surface area contributed by atoms with Crippen molar-refractivity contribution in [1.29, 1.82) is 0 Å². The van der Waals surface area contributed by atoms with E-state index in [2.05, 4.69) is 179 Å². The van der Waals surface area contributed by atoms with E-state index in [0.717, 1.165) is 11.1 Å².